The molecule has 2 heterocycles. The van der Waals surface area contributed by atoms with Crippen LogP contribution in [0.15, 0.2) is 75.8 Å². The molecule has 0 saturated carbocycles. The Hall–Kier alpha value is -2.25. The molecule has 0 aliphatic heterocycles. The van der Waals surface area contributed by atoms with Gasteiger partial charge in [-0.1, -0.05) is 34.1 Å². The van der Waals surface area contributed by atoms with Crippen LogP contribution in [0.25, 0.3) is 16.6 Å². The number of fused-ring (bicyclic) bond motifs is 1. The summed E-state index contributed by atoms with van der Waals surface area (Å²) in [5.74, 6) is 0. The zero-order chi connectivity index (χ0) is 15.6. The summed E-state index contributed by atoms with van der Waals surface area (Å²) in [6, 6.07) is 15.8. The van der Waals surface area contributed by atoms with E-state index in [2.05, 4.69) is 36.0 Å². The maximum Gasteiger partial charge on any atom is 0.215 e. The Morgan fingerprint density at radius 1 is 0.957 bits per heavy atom. The fourth-order valence-electron chi connectivity index (χ4n) is 2.17. The van der Waals surface area contributed by atoms with E-state index in [0.717, 1.165) is 26.1 Å². The van der Waals surface area contributed by atoms with Gasteiger partial charge in [-0.15, -0.1) is 5.10 Å². The number of hydrogen-bond donors (Lipinski definition) is 0. The molecule has 5 nitrogen and oxygen atoms in total. The van der Waals surface area contributed by atoms with Gasteiger partial charge in [0.25, 0.3) is 0 Å². The van der Waals surface area contributed by atoms with Gasteiger partial charge in [0.15, 0.2) is 0 Å². The number of benzene rings is 2. The minimum absolute atomic E-state index is 0.647. The number of halogens is 1. The fourth-order valence-corrected chi connectivity index (χ4v) is 3.31. The third-order valence-corrected chi connectivity index (χ3v) is 4.62. The van der Waals surface area contributed by atoms with Crippen LogP contribution in [0.1, 0.15) is 0 Å². The van der Waals surface area contributed by atoms with Crippen LogP contribution in [0.2, 0.25) is 0 Å². The third kappa shape index (κ3) is 2.97. The van der Waals surface area contributed by atoms with Gasteiger partial charge in [-0.2, -0.15) is 0 Å². The summed E-state index contributed by atoms with van der Waals surface area (Å²) in [5, 5.41) is 6.96. The molecule has 23 heavy (non-hydrogen) atoms. The van der Waals surface area contributed by atoms with E-state index in [1.165, 1.54) is 11.8 Å². The first kappa shape index (κ1) is 14.3. The van der Waals surface area contributed by atoms with Gasteiger partial charge in [-0.05, 0) is 42.1 Å². The molecular formula is C16H10BrN5S. The van der Waals surface area contributed by atoms with E-state index >= 15 is 0 Å². The quantitative estimate of drug-likeness (QED) is 0.498. The van der Waals surface area contributed by atoms with Gasteiger partial charge in [-0.25, -0.2) is 19.6 Å². The maximum atomic E-state index is 4.50. The average molecular weight is 384 g/mol. The van der Waals surface area contributed by atoms with Crippen LogP contribution in [-0.2, 0) is 0 Å². The van der Waals surface area contributed by atoms with Gasteiger partial charge < -0.3 is 0 Å². The summed E-state index contributed by atoms with van der Waals surface area (Å²) in [5.41, 5.74) is 1.87. The Morgan fingerprint density at radius 3 is 2.70 bits per heavy atom. The molecule has 0 aliphatic carbocycles. The second kappa shape index (κ2) is 6.10. The Bertz CT molecular complexity index is 971. The maximum absolute atomic E-state index is 4.50. The van der Waals surface area contributed by atoms with E-state index in [1.54, 1.807) is 17.3 Å². The summed E-state index contributed by atoms with van der Waals surface area (Å²) in [7, 11) is 0. The van der Waals surface area contributed by atoms with Crippen LogP contribution in [0, 0.1) is 0 Å². The number of para-hydroxylation sites is 1. The van der Waals surface area contributed by atoms with Crippen LogP contribution in [0.3, 0.4) is 0 Å². The van der Waals surface area contributed by atoms with Crippen molar-refractivity contribution in [1.82, 2.24) is 24.7 Å². The van der Waals surface area contributed by atoms with Crippen molar-refractivity contribution in [3.05, 3.63) is 65.7 Å². The van der Waals surface area contributed by atoms with Crippen LogP contribution in [0.5, 0.6) is 0 Å². The van der Waals surface area contributed by atoms with Crippen molar-refractivity contribution in [3.8, 4) is 5.69 Å². The number of rotatable bonds is 3. The van der Waals surface area contributed by atoms with Gasteiger partial charge in [0.1, 0.15) is 17.7 Å². The molecule has 0 amide bonds. The molecule has 4 rings (SSSR count). The second-order valence-corrected chi connectivity index (χ2v) is 6.62. The largest absolute Gasteiger partial charge is 0.236 e. The molecule has 0 unspecified atom stereocenters. The Morgan fingerprint density at radius 2 is 1.83 bits per heavy atom. The van der Waals surface area contributed by atoms with E-state index in [4.69, 9.17) is 0 Å². The van der Waals surface area contributed by atoms with Crippen LogP contribution in [0.4, 0.5) is 0 Å². The predicted molar refractivity (Wildman–Crippen MR) is 92.7 cm³/mol. The van der Waals surface area contributed by atoms with Gasteiger partial charge in [0.2, 0.25) is 5.16 Å². The molecular weight excluding hydrogens is 374 g/mol. The highest BCUT2D eigenvalue weighted by atomic mass is 79.9. The summed E-state index contributed by atoms with van der Waals surface area (Å²) in [6.45, 7) is 0. The standard InChI is InChI=1S/C16H10BrN5S/c17-11-6-7-14-13(8-11)15(19-9-18-14)23-16-20-10-22(21-16)12-4-2-1-3-5-12/h1-10H. The van der Waals surface area contributed by atoms with Crippen molar-refractivity contribution < 1.29 is 0 Å². The van der Waals surface area contributed by atoms with E-state index in [-0.39, 0.29) is 0 Å². The average Bonchev–Trinajstić information content (AvgIpc) is 3.05. The fraction of sp³-hybridized carbons (Fsp3) is 0. The Labute approximate surface area is 144 Å². The first-order valence-electron chi connectivity index (χ1n) is 6.85. The lowest BCUT2D eigenvalue weighted by Gasteiger charge is -2.03. The molecule has 0 N–H and O–H groups in total. The SMILES string of the molecule is Brc1ccc2ncnc(Sc3ncn(-c4ccccc4)n3)c2c1. The van der Waals surface area contributed by atoms with Gasteiger partial charge >= 0.3 is 0 Å². The van der Waals surface area contributed by atoms with Crippen molar-refractivity contribution >= 4 is 38.6 Å². The van der Waals surface area contributed by atoms with Crippen molar-refractivity contribution in [2.24, 2.45) is 0 Å². The van der Waals surface area contributed by atoms with E-state index in [0.29, 0.717) is 5.16 Å². The molecule has 7 heteroatoms. The van der Waals surface area contributed by atoms with Gasteiger partial charge in [0, 0.05) is 9.86 Å². The molecule has 0 fully saturated rings. The molecule has 0 atom stereocenters. The van der Waals surface area contributed by atoms with Crippen molar-refractivity contribution in [2.45, 2.75) is 10.2 Å². The molecule has 0 aliphatic rings. The highest BCUT2D eigenvalue weighted by molar-refractivity contribution is 9.10. The summed E-state index contributed by atoms with van der Waals surface area (Å²) in [4.78, 5) is 13.0. The molecule has 0 spiro atoms. The Kier molecular flexibility index (Phi) is 3.80. The van der Waals surface area contributed by atoms with Gasteiger partial charge in [0.05, 0.1) is 11.2 Å². The molecule has 0 radical (unpaired) electrons. The number of nitrogens with zero attached hydrogens (tertiary/aromatic N) is 5. The van der Waals surface area contributed by atoms with E-state index < -0.39 is 0 Å². The van der Waals surface area contributed by atoms with Crippen molar-refractivity contribution in [3.63, 3.8) is 0 Å². The molecule has 2 aromatic heterocycles. The van der Waals surface area contributed by atoms with Crippen molar-refractivity contribution in [1.29, 1.82) is 0 Å². The highest BCUT2D eigenvalue weighted by Gasteiger charge is 2.10. The first-order chi connectivity index (χ1) is 11.3. The van der Waals surface area contributed by atoms with E-state index in [9.17, 15) is 0 Å². The van der Waals surface area contributed by atoms with Gasteiger partial charge in [-0.3, -0.25) is 0 Å². The van der Waals surface area contributed by atoms with Crippen LogP contribution in [-0.4, -0.2) is 24.7 Å². The second-order valence-electron chi connectivity index (χ2n) is 4.75. The molecule has 0 bridgehead atoms. The summed E-state index contributed by atoms with van der Waals surface area (Å²) < 4.78 is 2.74. The first-order valence-corrected chi connectivity index (χ1v) is 8.46. The highest BCUT2D eigenvalue weighted by Crippen LogP contribution is 2.30. The molecule has 2 aromatic carbocycles. The zero-order valence-corrected chi connectivity index (χ0v) is 14.2. The summed E-state index contributed by atoms with van der Waals surface area (Å²) >= 11 is 4.91. The smallest absolute Gasteiger partial charge is 0.215 e. The zero-order valence-electron chi connectivity index (χ0n) is 11.8. The monoisotopic (exact) mass is 383 g/mol. The lowest BCUT2D eigenvalue weighted by Crippen LogP contribution is -1.94. The number of hydrogen-bond acceptors (Lipinski definition) is 5. The minimum Gasteiger partial charge on any atom is -0.236 e. The summed E-state index contributed by atoms with van der Waals surface area (Å²) in [6.07, 6.45) is 3.27. The van der Waals surface area contributed by atoms with Crippen LogP contribution >= 0.6 is 27.7 Å². The molecule has 112 valence electrons. The lowest BCUT2D eigenvalue weighted by molar-refractivity contribution is 0.834. The van der Waals surface area contributed by atoms with Crippen LogP contribution < -0.4 is 0 Å². The topological polar surface area (TPSA) is 56.5 Å². The molecule has 0 saturated heterocycles. The van der Waals surface area contributed by atoms with Crippen molar-refractivity contribution in [2.75, 3.05) is 0 Å². The predicted octanol–water partition coefficient (Wildman–Crippen LogP) is 4.12. The normalized spacial score (nSPS) is 11.0. The molecule has 4 aromatic rings. The Balaban J connectivity index is 1.69. The minimum atomic E-state index is 0.647. The van der Waals surface area contributed by atoms with E-state index in [1.807, 2.05) is 48.5 Å². The third-order valence-electron chi connectivity index (χ3n) is 3.24. The number of aromatic nitrogens is 5. The lowest BCUT2D eigenvalue weighted by atomic mass is 10.2.